The number of hydrogen-bond acceptors (Lipinski definition) is 6. The van der Waals surface area contributed by atoms with E-state index in [9.17, 15) is 0 Å². The maximum atomic E-state index is 5.70. The summed E-state index contributed by atoms with van der Waals surface area (Å²) in [5, 5.41) is 1.09. The summed E-state index contributed by atoms with van der Waals surface area (Å²) in [4.78, 5) is 12.2. The average Bonchev–Trinajstić information content (AvgIpc) is 2.46. The van der Waals surface area contributed by atoms with Crippen molar-refractivity contribution in [2.75, 3.05) is 11.5 Å². The van der Waals surface area contributed by atoms with E-state index in [1.807, 2.05) is 36.4 Å². The number of pyridine rings is 1. The minimum Gasteiger partial charge on any atom is -0.482 e. The van der Waals surface area contributed by atoms with Crippen LogP contribution in [-0.2, 0) is 6.61 Å². The van der Waals surface area contributed by atoms with Crippen LogP contribution in [0.4, 0.5) is 11.8 Å². The number of aromatic nitrogens is 3. The second-order valence-electron chi connectivity index (χ2n) is 4.26. The Kier molecular flexibility index (Phi) is 3.04. The van der Waals surface area contributed by atoms with Crippen molar-refractivity contribution in [2.45, 2.75) is 6.61 Å². The molecule has 0 saturated heterocycles. The van der Waals surface area contributed by atoms with Crippen LogP contribution in [0.15, 0.2) is 42.6 Å². The van der Waals surface area contributed by atoms with E-state index in [4.69, 9.17) is 16.2 Å². The molecule has 100 valence electrons. The molecule has 3 aromatic rings. The number of rotatable bonds is 3. The van der Waals surface area contributed by atoms with Crippen LogP contribution in [0.2, 0.25) is 0 Å². The van der Waals surface area contributed by atoms with E-state index >= 15 is 0 Å². The van der Waals surface area contributed by atoms with Crippen molar-refractivity contribution in [2.24, 2.45) is 0 Å². The Balaban J connectivity index is 1.79. The van der Waals surface area contributed by atoms with E-state index in [1.54, 1.807) is 0 Å². The van der Waals surface area contributed by atoms with Crippen molar-refractivity contribution in [3.05, 3.63) is 48.3 Å². The molecule has 0 amide bonds. The third-order valence-corrected chi connectivity index (χ3v) is 2.83. The van der Waals surface area contributed by atoms with Gasteiger partial charge < -0.3 is 16.2 Å². The molecule has 0 atom stereocenters. The molecular formula is C14H13N5O. The van der Waals surface area contributed by atoms with Crippen molar-refractivity contribution >= 4 is 22.7 Å². The van der Waals surface area contributed by atoms with Gasteiger partial charge in [0.2, 0.25) is 5.95 Å². The third-order valence-electron chi connectivity index (χ3n) is 2.83. The van der Waals surface area contributed by atoms with Crippen LogP contribution in [0.25, 0.3) is 10.9 Å². The predicted molar refractivity (Wildman–Crippen MR) is 76.9 cm³/mol. The molecule has 6 heteroatoms. The highest BCUT2D eigenvalue weighted by molar-refractivity contribution is 5.78. The Morgan fingerprint density at radius 3 is 2.70 bits per heavy atom. The third kappa shape index (κ3) is 2.44. The number of nitrogens with two attached hydrogens (primary N) is 2. The van der Waals surface area contributed by atoms with Crippen molar-refractivity contribution in [3.63, 3.8) is 0 Å². The van der Waals surface area contributed by atoms with Crippen LogP contribution in [0.3, 0.4) is 0 Å². The van der Waals surface area contributed by atoms with Crippen LogP contribution in [0, 0.1) is 0 Å². The maximum absolute atomic E-state index is 5.70. The van der Waals surface area contributed by atoms with Gasteiger partial charge in [-0.25, -0.2) is 9.97 Å². The van der Waals surface area contributed by atoms with Gasteiger partial charge in [-0.1, -0.05) is 24.3 Å². The summed E-state index contributed by atoms with van der Waals surface area (Å²) < 4.78 is 5.56. The number of hydrogen-bond donors (Lipinski definition) is 2. The predicted octanol–water partition coefficient (Wildman–Crippen LogP) is 1.77. The molecule has 1 aromatic carbocycles. The smallest absolute Gasteiger partial charge is 0.222 e. The first-order valence-electron chi connectivity index (χ1n) is 6.08. The van der Waals surface area contributed by atoms with E-state index < -0.39 is 0 Å². The molecule has 2 aromatic heterocycles. The van der Waals surface area contributed by atoms with E-state index in [1.165, 1.54) is 6.20 Å². The fourth-order valence-electron chi connectivity index (χ4n) is 1.85. The number of ether oxygens (including phenoxy) is 1. The molecule has 0 aliphatic rings. The molecule has 0 spiro atoms. The largest absolute Gasteiger partial charge is 0.482 e. The summed E-state index contributed by atoms with van der Waals surface area (Å²) in [6, 6.07) is 11.8. The number of para-hydroxylation sites is 1. The first kappa shape index (κ1) is 12.2. The lowest BCUT2D eigenvalue weighted by molar-refractivity contribution is 0.301. The van der Waals surface area contributed by atoms with E-state index in [2.05, 4.69) is 15.0 Å². The minimum absolute atomic E-state index is 0.124. The lowest BCUT2D eigenvalue weighted by Crippen LogP contribution is -2.05. The van der Waals surface area contributed by atoms with E-state index in [-0.39, 0.29) is 11.8 Å². The van der Waals surface area contributed by atoms with Gasteiger partial charge in [-0.2, -0.15) is 4.98 Å². The molecule has 0 radical (unpaired) electrons. The van der Waals surface area contributed by atoms with Crippen molar-refractivity contribution in [1.29, 1.82) is 0 Å². The second kappa shape index (κ2) is 5.00. The fraction of sp³-hybridized carbons (Fsp3) is 0.0714. The molecule has 20 heavy (non-hydrogen) atoms. The molecule has 3 rings (SSSR count). The minimum atomic E-state index is 0.124. The van der Waals surface area contributed by atoms with Gasteiger partial charge >= 0.3 is 0 Å². The van der Waals surface area contributed by atoms with Gasteiger partial charge in [0.1, 0.15) is 6.61 Å². The summed E-state index contributed by atoms with van der Waals surface area (Å²) >= 11 is 0. The highest BCUT2D eigenvalue weighted by Crippen LogP contribution is 2.19. The van der Waals surface area contributed by atoms with Crippen molar-refractivity contribution in [3.8, 4) is 5.75 Å². The Morgan fingerprint density at radius 1 is 1.00 bits per heavy atom. The molecule has 0 saturated carbocycles. The Bertz CT molecular complexity index is 759. The number of nitrogen functional groups attached to an aromatic ring is 2. The van der Waals surface area contributed by atoms with E-state index in [0.29, 0.717) is 12.4 Å². The standard InChI is InChI=1S/C14H13N5O/c15-13-12(7-17-14(16)19-13)20-8-10-6-5-9-3-1-2-4-11(9)18-10/h1-7H,8H2,(H4,15,16,17,19). The fourth-order valence-corrected chi connectivity index (χ4v) is 1.85. The van der Waals surface area contributed by atoms with Gasteiger partial charge in [0, 0.05) is 5.39 Å². The van der Waals surface area contributed by atoms with Crippen LogP contribution in [0.5, 0.6) is 5.75 Å². The van der Waals surface area contributed by atoms with Crippen LogP contribution in [0.1, 0.15) is 5.69 Å². The lowest BCUT2D eigenvalue weighted by atomic mass is 10.2. The molecule has 4 N–H and O–H groups in total. The zero-order valence-electron chi connectivity index (χ0n) is 10.7. The summed E-state index contributed by atoms with van der Waals surface area (Å²) in [7, 11) is 0. The molecule has 0 aliphatic heterocycles. The molecule has 0 aliphatic carbocycles. The lowest BCUT2D eigenvalue weighted by Gasteiger charge is -2.08. The molecule has 2 heterocycles. The first-order valence-corrected chi connectivity index (χ1v) is 6.08. The van der Waals surface area contributed by atoms with Gasteiger partial charge in [-0.15, -0.1) is 0 Å². The molecule has 0 fully saturated rings. The first-order chi connectivity index (χ1) is 9.72. The van der Waals surface area contributed by atoms with Crippen LogP contribution < -0.4 is 16.2 Å². The SMILES string of the molecule is Nc1ncc(OCc2ccc3ccccc3n2)c(N)n1. The second-order valence-corrected chi connectivity index (χ2v) is 4.26. The van der Waals surface area contributed by atoms with Gasteiger partial charge in [-0.3, -0.25) is 0 Å². The molecular weight excluding hydrogens is 254 g/mol. The maximum Gasteiger partial charge on any atom is 0.222 e. The van der Waals surface area contributed by atoms with Crippen molar-refractivity contribution in [1.82, 2.24) is 15.0 Å². The highest BCUT2D eigenvalue weighted by Gasteiger charge is 2.05. The average molecular weight is 267 g/mol. The monoisotopic (exact) mass is 267 g/mol. The Morgan fingerprint density at radius 2 is 1.85 bits per heavy atom. The summed E-state index contributed by atoms with van der Waals surface area (Å²) in [6.45, 7) is 0.294. The Hall–Kier alpha value is -2.89. The number of anilines is 2. The topological polar surface area (TPSA) is 99.9 Å². The van der Waals surface area contributed by atoms with Crippen molar-refractivity contribution < 1.29 is 4.74 Å². The number of benzene rings is 1. The van der Waals surface area contributed by atoms with Gasteiger partial charge in [0.05, 0.1) is 17.4 Å². The highest BCUT2D eigenvalue weighted by atomic mass is 16.5. The molecule has 0 bridgehead atoms. The zero-order chi connectivity index (χ0) is 13.9. The Labute approximate surface area is 115 Å². The van der Waals surface area contributed by atoms with Crippen LogP contribution in [-0.4, -0.2) is 15.0 Å². The number of fused-ring (bicyclic) bond motifs is 1. The van der Waals surface area contributed by atoms with Gasteiger partial charge in [0.25, 0.3) is 0 Å². The van der Waals surface area contributed by atoms with Gasteiger partial charge in [0.15, 0.2) is 11.6 Å². The summed E-state index contributed by atoms with van der Waals surface area (Å²) in [5.41, 5.74) is 12.9. The number of nitrogens with zero attached hydrogens (tertiary/aromatic N) is 3. The normalized spacial score (nSPS) is 10.6. The quantitative estimate of drug-likeness (QED) is 0.750. The molecule has 0 unspecified atom stereocenters. The van der Waals surface area contributed by atoms with E-state index in [0.717, 1.165) is 16.6 Å². The molecule has 6 nitrogen and oxygen atoms in total. The zero-order valence-corrected chi connectivity index (χ0v) is 10.7. The summed E-state index contributed by atoms with van der Waals surface area (Å²) in [5.74, 6) is 0.742. The summed E-state index contributed by atoms with van der Waals surface area (Å²) in [6.07, 6.45) is 1.46. The van der Waals surface area contributed by atoms with Crippen LogP contribution >= 0.6 is 0 Å². The van der Waals surface area contributed by atoms with Gasteiger partial charge in [-0.05, 0) is 12.1 Å².